The van der Waals surface area contributed by atoms with Crippen molar-refractivity contribution in [3.63, 3.8) is 0 Å². The highest BCUT2D eigenvalue weighted by Crippen LogP contribution is 2.22. The second kappa shape index (κ2) is 8.15. The third-order valence-corrected chi connectivity index (χ3v) is 4.13. The number of nitrogens with zero attached hydrogens (tertiary/aromatic N) is 1. The normalized spacial score (nSPS) is 19.2. The summed E-state index contributed by atoms with van der Waals surface area (Å²) in [5, 5.41) is 5.47. The smallest absolute Gasteiger partial charge is 0.314 e. The molecule has 22 heavy (non-hydrogen) atoms. The van der Waals surface area contributed by atoms with Crippen molar-refractivity contribution >= 4 is 6.03 Å². The molecule has 0 spiro atoms. The summed E-state index contributed by atoms with van der Waals surface area (Å²) in [7, 11) is 1.63. The van der Waals surface area contributed by atoms with Crippen LogP contribution in [-0.2, 0) is 11.3 Å². The van der Waals surface area contributed by atoms with E-state index in [0.717, 1.165) is 19.7 Å². The molecule has 1 aromatic carbocycles. The summed E-state index contributed by atoms with van der Waals surface area (Å²) >= 11 is 0. The van der Waals surface area contributed by atoms with Crippen LogP contribution in [0.4, 0.5) is 4.79 Å². The van der Waals surface area contributed by atoms with Crippen LogP contribution in [0.5, 0.6) is 0 Å². The Bertz CT molecular complexity index is 491. The predicted octanol–water partition coefficient (Wildman–Crippen LogP) is 1.94. The maximum Gasteiger partial charge on any atom is 0.314 e. The Labute approximate surface area is 133 Å². The van der Waals surface area contributed by atoms with Gasteiger partial charge in [-0.2, -0.15) is 0 Å². The number of hydrogen-bond acceptors (Lipinski definition) is 3. The van der Waals surface area contributed by atoms with Crippen molar-refractivity contribution < 1.29 is 9.53 Å². The lowest BCUT2D eigenvalue weighted by molar-refractivity contribution is -0.0101. The van der Waals surface area contributed by atoms with Gasteiger partial charge in [-0.3, -0.25) is 4.90 Å². The molecule has 0 aliphatic carbocycles. The van der Waals surface area contributed by atoms with E-state index in [1.807, 2.05) is 0 Å². The average molecular weight is 305 g/mol. The molecule has 1 aliphatic rings. The molecule has 122 valence electrons. The lowest BCUT2D eigenvalue weighted by Gasteiger charge is -2.36. The predicted molar refractivity (Wildman–Crippen MR) is 88.0 cm³/mol. The van der Waals surface area contributed by atoms with E-state index in [-0.39, 0.29) is 12.1 Å². The first-order valence-electron chi connectivity index (χ1n) is 7.97. The molecule has 5 heteroatoms. The van der Waals surface area contributed by atoms with Crippen molar-refractivity contribution in [2.45, 2.75) is 32.4 Å². The van der Waals surface area contributed by atoms with Gasteiger partial charge in [0, 0.05) is 26.7 Å². The molecule has 2 N–H and O–H groups in total. The van der Waals surface area contributed by atoms with Gasteiger partial charge in [0.1, 0.15) is 0 Å². The SMILES string of the molecule is CNC(=O)NCC1COCCN1Cc1ccccc1C(C)C. The molecule has 1 aromatic rings. The van der Waals surface area contributed by atoms with E-state index in [2.05, 4.69) is 53.6 Å². The molecule has 5 nitrogen and oxygen atoms in total. The number of urea groups is 1. The summed E-state index contributed by atoms with van der Waals surface area (Å²) < 4.78 is 5.58. The Hall–Kier alpha value is -1.59. The van der Waals surface area contributed by atoms with Crippen LogP contribution in [0.25, 0.3) is 0 Å². The maximum absolute atomic E-state index is 11.4. The van der Waals surface area contributed by atoms with Gasteiger partial charge < -0.3 is 15.4 Å². The number of benzene rings is 1. The molecule has 1 unspecified atom stereocenters. The minimum absolute atomic E-state index is 0.145. The molecule has 0 radical (unpaired) electrons. The first-order chi connectivity index (χ1) is 10.6. The molecule has 2 rings (SSSR count). The van der Waals surface area contributed by atoms with Crippen LogP contribution in [0.2, 0.25) is 0 Å². The van der Waals surface area contributed by atoms with E-state index in [4.69, 9.17) is 4.74 Å². The number of ether oxygens (including phenoxy) is 1. The largest absolute Gasteiger partial charge is 0.378 e. The summed E-state index contributed by atoms with van der Waals surface area (Å²) in [6, 6.07) is 8.67. The summed E-state index contributed by atoms with van der Waals surface area (Å²) in [5.74, 6) is 0.514. The van der Waals surface area contributed by atoms with Gasteiger partial charge >= 0.3 is 6.03 Å². The molecular formula is C17H27N3O2. The van der Waals surface area contributed by atoms with E-state index < -0.39 is 0 Å². The number of hydrogen-bond donors (Lipinski definition) is 2. The topological polar surface area (TPSA) is 53.6 Å². The number of rotatable bonds is 5. The van der Waals surface area contributed by atoms with Crippen LogP contribution < -0.4 is 10.6 Å². The van der Waals surface area contributed by atoms with Crippen LogP contribution in [0.1, 0.15) is 30.9 Å². The fourth-order valence-corrected chi connectivity index (χ4v) is 2.84. The van der Waals surface area contributed by atoms with Crippen LogP contribution in [0.3, 0.4) is 0 Å². The Balaban J connectivity index is 2.04. The highest BCUT2D eigenvalue weighted by molar-refractivity contribution is 5.73. The number of carbonyl (C=O) groups is 1. The molecule has 0 saturated carbocycles. The van der Waals surface area contributed by atoms with E-state index in [1.165, 1.54) is 11.1 Å². The van der Waals surface area contributed by atoms with Gasteiger partial charge in [-0.1, -0.05) is 38.1 Å². The number of morpholine rings is 1. The second-order valence-corrected chi connectivity index (χ2v) is 6.01. The minimum atomic E-state index is -0.145. The Kier molecular flexibility index (Phi) is 6.21. The van der Waals surface area contributed by atoms with Gasteiger partial charge in [-0.25, -0.2) is 4.79 Å². The molecular weight excluding hydrogens is 278 g/mol. The van der Waals surface area contributed by atoms with Crippen LogP contribution in [-0.4, -0.2) is 50.3 Å². The second-order valence-electron chi connectivity index (χ2n) is 6.01. The van der Waals surface area contributed by atoms with Gasteiger partial charge in [-0.05, 0) is 17.0 Å². The van der Waals surface area contributed by atoms with Crippen molar-refractivity contribution in [3.8, 4) is 0 Å². The molecule has 1 heterocycles. The zero-order valence-corrected chi connectivity index (χ0v) is 13.8. The summed E-state index contributed by atoms with van der Waals surface area (Å²) in [5.41, 5.74) is 2.76. The zero-order valence-electron chi connectivity index (χ0n) is 13.8. The molecule has 1 saturated heterocycles. The third-order valence-electron chi connectivity index (χ3n) is 4.13. The summed E-state index contributed by atoms with van der Waals surface area (Å²) in [4.78, 5) is 13.8. The van der Waals surface area contributed by atoms with Crippen molar-refractivity contribution in [1.82, 2.24) is 15.5 Å². The third kappa shape index (κ3) is 4.45. The van der Waals surface area contributed by atoms with Crippen molar-refractivity contribution in [3.05, 3.63) is 35.4 Å². The summed E-state index contributed by atoms with van der Waals surface area (Å²) in [6.07, 6.45) is 0. The first-order valence-corrected chi connectivity index (χ1v) is 7.97. The molecule has 1 fully saturated rings. The number of carbonyl (C=O) groups excluding carboxylic acids is 1. The molecule has 1 atom stereocenters. The quantitative estimate of drug-likeness (QED) is 0.874. The molecule has 0 bridgehead atoms. The van der Waals surface area contributed by atoms with E-state index in [1.54, 1.807) is 7.05 Å². The van der Waals surface area contributed by atoms with Crippen LogP contribution in [0, 0.1) is 0 Å². The highest BCUT2D eigenvalue weighted by atomic mass is 16.5. The number of amides is 2. The Morgan fingerprint density at radius 2 is 2.18 bits per heavy atom. The minimum Gasteiger partial charge on any atom is -0.378 e. The Morgan fingerprint density at radius 3 is 2.91 bits per heavy atom. The van der Waals surface area contributed by atoms with Crippen molar-refractivity contribution in [2.24, 2.45) is 0 Å². The van der Waals surface area contributed by atoms with Crippen molar-refractivity contribution in [1.29, 1.82) is 0 Å². The van der Waals surface area contributed by atoms with Gasteiger partial charge in [0.15, 0.2) is 0 Å². The zero-order chi connectivity index (χ0) is 15.9. The van der Waals surface area contributed by atoms with Gasteiger partial charge in [-0.15, -0.1) is 0 Å². The van der Waals surface area contributed by atoms with Gasteiger partial charge in [0.2, 0.25) is 0 Å². The van der Waals surface area contributed by atoms with Crippen molar-refractivity contribution in [2.75, 3.05) is 33.4 Å². The van der Waals surface area contributed by atoms with E-state index in [0.29, 0.717) is 19.1 Å². The highest BCUT2D eigenvalue weighted by Gasteiger charge is 2.24. The van der Waals surface area contributed by atoms with Gasteiger partial charge in [0.25, 0.3) is 0 Å². The first kappa shape index (κ1) is 16.8. The Morgan fingerprint density at radius 1 is 1.41 bits per heavy atom. The monoisotopic (exact) mass is 305 g/mol. The summed E-state index contributed by atoms with van der Waals surface area (Å²) in [6.45, 7) is 8.26. The maximum atomic E-state index is 11.4. The van der Waals surface area contributed by atoms with E-state index >= 15 is 0 Å². The lowest BCUT2D eigenvalue weighted by atomic mass is 9.96. The lowest BCUT2D eigenvalue weighted by Crippen LogP contribution is -2.51. The van der Waals surface area contributed by atoms with Gasteiger partial charge in [0.05, 0.1) is 19.3 Å². The molecule has 1 aliphatic heterocycles. The van der Waals surface area contributed by atoms with Crippen LogP contribution in [0.15, 0.2) is 24.3 Å². The van der Waals surface area contributed by atoms with E-state index in [9.17, 15) is 4.79 Å². The number of nitrogens with one attached hydrogen (secondary N) is 2. The fraction of sp³-hybridized carbons (Fsp3) is 0.588. The average Bonchev–Trinajstić information content (AvgIpc) is 2.54. The standard InChI is InChI=1S/C17H27N3O2/c1-13(2)16-7-5-4-6-14(16)11-20-8-9-22-12-15(20)10-19-17(21)18-3/h4-7,13,15H,8-12H2,1-3H3,(H2,18,19,21). The molecule has 0 aromatic heterocycles. The van der Waals surface area contributed by atoms with Crippen LogP contribution >= 0.6 is 0 Å². The molecule has 2 amide bonds. The fourth-order valence-electron chi connectivity index (χ4n) is 2.84.